The molecule has 0 aliphatic carbocycles. The molecule has 0 aliphatic heterocycles. The topological polar surface area (TPSA) is 83.8 Å². The third-order valence-electron chi connectivity index (χ3n) is 7.80. The van der Waals surface area contributed by atoms with E-state index in [-0.39, 0.29) is 0 Å². The van der Waals surface area contributed by atoms with Gasteiger partial charge in [-0.25, -0.2) is 0 Å². The lowest BCUT2D eigenvalue weighted by Gasteiger charge is -2.24. The highest BCUT2D eigenvalue weighted by molar-refractivity contribution is 5.66. The van der Waals surface area contributed by atoms with Gasteiger partial charge in [-0.15, -0.1) is 0 Å². The van der Waals surface area contributed by atoms with Crippen molar-refractivity contribution < 1.29 is 24.5 Å². The van der Waals surface area contributed by atoms with Gasteiger partial charge < -0.3 is 14.9 Å². The Labute approximate surface area is 253 Å². The van der Waals surface area contributed by atoms with Gasteiger partial charge in [-0.05, 0) is 64.2 Å². The Kier molecular flexibility index (Phi) is 30.1. The van der Waals surface area contributed by atoms with E-state index in [0.29, 0.717) is 25.0 Å². The molecule has 0 radical (unpaired) electrons. The van der Waals surface area contributed by atoms with Crippen LogP contribution >= 0.6 is 0 Å². The second-order valence-electron chi connectivity index (χ2n) is 11.9. The van der Waals surface area contributed by atoms with E-state index in [1.54, 1.807) is 0 Å². The van der Waals surface area contributed by atoms with E-state index in [9.17, 15) is 9.59 Å². The molecule has 5 heteroatoms. The summed E-state index contributed by atoms with van der Waals surface area (Å²) in [6.07, 6.45) is 37.8. The van der Waals surface area contributed by atoms with E-state index in [1.165, 1.54) is 77.0 Å². The molecule has 240 valence electrons. The summed E-state index contributed by atoms with van der Waals surface area (Å²) in [7, 11) is 0. The number of ether oxygens (including phenoxy) is 1. The third kappa shape index (κ3) is 31.2. The molecule has 0 saturated heterocycles. The van der Waals surface area contributed by atoms with E-state index in [4.69, 9.17) is 14.9 Å². The SMILES string of the molecule is CCCCCCC(C/C=C/CCCCCCCC(=O)O)OC(C/C=C/CCCCCCCC(=O)O)CCCCCC. The van der Waals surface area contributed by atoms with E-state index in [0.717, 1.165) is 77.0 Å². The van der Waals surface area contributed by atoms with E-state index in [2.05, 4.69) is 38.2 Å². The van der Waals surface area contributed by atoms with Gasteiger partial charge in [-0.3, -0.25) is 9.59 Å². The Morgan fingerprint density at radius 1 is 0.512 bits per heavy atom. The number of rotatable bonds is 32. The van der Waals surface area contributed by atoms with Gasteiger partial charge in [-0.1, -0.05) is 128 Å². The number of carboxylic acids is 2. The molecule has 0 saturated carbocycles. The maximum atomic E-state index is 10.6. The maximum absolute atomic E-state index is 10.6. The number of allylic oxidation sites excluding steroid dienone is 2. The summed E-state index contributed by atoms with van der Waals surface area (Å²) in [5.74, 6) is -1.37. The number of hydrogen-bond donors (Lipinski definition) is 2. The zero-order valence-corrected chi connectivity index (χ0v) is 27.0. The highest BCUT2D eigenvalue weighted by Crippen LogP contribution is 2.20. The van der Waals surface area contributed by atoms with Crippen LogP contribution in [0.3, 0.4) is 0 Å². The molecule has 0 fully saturated rings. The number of hydrogen-bond acceptors (Lipinski definition) is 3. The minimum Gasteiger partial charge on any atom is -0.481 e. The van der Waals surface area contributed by atoms with Gasteiger partial charge in [0.15, 0.2) is 0 Å². The lowest BCUT2D eigenvalue weighted by Crippen LogP contribution is -2.22. The zero-order valence-electron chi connectivity index (χ0n) is 27.0. The van der Waals surface area contributed by atoms with Crippen molar-refractivity contribution in [2.45, 2.75) is 193 Å². The van der Waals surface area contributed by atoms with E-state index >= 15 is 0 Å². The molecular formula is C36H66O5. The van der Waals surface area contributed by atoms with Gasteiger partial charge in [0, 0.05) is 12.8 Å². The first-order chi connectivity index (χ1) is 20.0. The van der Waals surface area contributed by atoms with Crippen molar-refractivity contribution in [3.63, 3.8) is 0 Å². The van der Waals surface area contributed by atoms with Crippen LogP contribution in [-0.4, -0.2) is 34.4 Å². The first kappa shape index (κ1) is 39.4. The molecule has 0 heterocycles. The Morgan fingerprint density at radius 3 is 1.27 bits per heavy atom. The largest absolute Gasteiger partial charge is 0.481 e. The molecule has 0 spiro atoms. The molecule has 2 N–H and O–H groups in total. The fraction of sp³-hybridized carbons (Fsp3) is 0.833. The fourth-order valence-corrected chi connectivity index (χ4v) is 5.22. The molecule has 0 aliphatic rings. The number of carboxylic acid groups (broad SMARTS) is 2. The molecule has 0 aromatic rings. The molecule has 0 bridgehead atoms. The Bertz CT molecular complexity index is 588. The van der Waals surface area contributed by atoms with Crippen molar-refractivity contribution in [3.8, 4) is 0 Å². The van der Waals surface area contributed by atoms with Crippen LogP contribution in [0.15, 0.2) is 24.3 Å². The number of unbranched alkanes of at least 4 members (excludes halogenated alkanes) is 16. The summed E-state index contributed by atoms with van der Waals surface area (Å²) in [6.45, 7) is 4.53. The number of aliphatic carboxylic acids is 2. The molecule has 2 unspecified atom stereocenters. The second-order valence-corrected chi connectivity index (χ2v) is 11.9. The van der Waals surface area contributed by atoms with Gasteiger partial charge in [0.25, 0.3) is 0 Å². The quantitative estimate of drug-likeness (QED) is 0.0612. The van der Waals surface area contributed by atoms with Gasteiger partial charge in [-0.2, -0.15) is 0 Å². The predicted molar refractivity (Wildman–Crippen MR) is 174 cm³/mol. The minimum absolute atomic E-state index is 0.298. The average molecular weight is 579 g/mol. The monoisotopic (exact) mass is 578 g/mol. The Balaban J connectivity index is 4.59. The number of carbonyl (C=O) groups is 2. The van der Waals surface area contributed by atoms with Crippen molar-refractivity contribution in [2.24, 2.45) is 0 Å². The predicted octanol–water partition coefficient (Wildman–Crippen LogP) is 11.2. The molecule has 0 aromatic heterocycles. The smallest absolute Gasteiger partial charge is 0.303 e. The minimum atomic E-state index is -0.683. The first-order valence-electron chi connectivity index (χ1n) is 17.4. The fourth-order valence-electron chi connectivity index (χ4n) is 5.22. The van der Waals surface area contributed by atoms with Crippen LogP contribution in [-0.2, 0) is 14.3 Å². The van der Waals surface area contributed by atoms with E-state index in [1.807, 2.05) is 0 Å². The van der Waals surface area contributed by atoms with Crippen LogP contribution in [0.4, 0.5) is 0 Å². The van der Waals surface area contributed by atoms with Crippen molar-refractivity contribution >= 4 is 11.9 Å². The van der Waals surface area contributed by atoms with Gasteiger partial charge in [0.1, 0.15) is 0 Å². The van der Waals surface area contributed by atoms with Gasteiger partial charge in [0.2, 0.25) is 0 Å². The standard InChI is InChI=1S/C36H66O5/c1-3-5-7-21-27-33(29-23-17-13-9-11-15-19-25-31-35(37)38)41-34(28-22-8-6-4-2)30-24-18-14-10-12-16-20-26-32-36(39)40/h17-18,23-24,33-34H,3-16,19-22,25-32H2,1-2H3,(H,37,38)(H,39,40)/b23-17+,24-18+. The van der Waals surface area contributed by atoms with Crippen molar-refractivity contribution in [2.75, 3.05) is 0 Å². The lowest BCUT2D eigenvalue weighted by atomic mass is 10.0. The summed E-state index contributed by atoms with van der Waals surface area (Å²) in [5.41, 5.74) is 0. The Hall–Kier alpha value is -1.62. The molecular weight excluding hydrogens is 512 g/mol. The second kappa shape index (κ2) is 31.3. The van der Waals surface area contributed by atoms with Crippen LogP contribution in [0.5, 0.6) is 0 Å². The normalized spacial score (nSPS) is 13.3. The summed E-state index contributed by atoms with van der Waals surface area (Å²) in [4.78, 5) is 21.2. The van der Waals surface area contributed by atoms with Crippen LogP contribution in [0.1, 0.15) is 181 Å². The van der Waals surface area contributed by atoms with Crippen LogP contribution in [0, 0.1) is 0 Å². The highest BCUT2D eigenvalue weighted by atomic mass is 16.5. The molecule has 0 rings (SSSR count). The highest BCUT2D eigenvalue weighted by Gasteiger charge is 2.15. The molecule has 0 aromatic carbocycles. The maximum Gasteiger partial charge on any atom is 0.303 e. The zero-order chi connectivity index (χ0) is 30.2. The Morgan fingerprint density at radius 2 is 0.878 bits per heavy atom. The molecule has 2 atom stereocenters. The average Bonchev–Trinajstić information content (AvgIpc) is 2.94. The van der Waals surface area contributed by atoms with Crippen molar-refractivity contribution in [1.29, 1.82) is 0 Å². The van der Waals surface area contributed by atoms with Crippen molar-refractivity contribution in [1.82, 2.24) is 0 Å². The van der Waals surface area contributed by atoms with Crippen LogP contribution in [0.25, 0.3) is 0 Å². The molecule has 0 amide bonds. The summed E-state index contributed by atoms with van der Waals surface area (Å²) in [6, 6.07) is 0. The molecule has 41 heavy (non-hydrogen) atoms. The third-order valence-corrected chi connectivity index (χ3v) is 7.80. The van der Waals surface area contributed by atoms with Crippen molar-refractivity contribution in [3.05, 3.63) is 24.3 Å². The summed E-state index contributed by atoms with van der Waals surface area (Å²) >= 11 is 0. The van der Waals surface area contributed by atoms with Gasteiger partial charge >= 0.3 is 11.9 Å². The van der Waals surface area contributed by atoms with Gasteiger partial charge in [0.05, 0.1) is 12.2 Å². The van der Waals surface area contributed by atoms with Crippen LogP contribution < -0.4 is 0 Å². The first-order valence-corrected chi connectivity index (χ1v) is 17.4. The lowest BCUT2D eigenvalue weighted by molar-refractivity contribution is -0.138. The summed E-state index contributed by atoms with van der Waals surface area (Å²) < 4.78 is 6.80. The van der Waals surface area contributed by atoms with E-state index < -0.39 is 11.9 Å². The molecule has 5 nitrogen and oxygen atoms in total. The summed E-state index contributed by atoms with van der Waals surface area (Å²) in [5, 5.41) is 17.5. The van der Waals surface area contributed by atoms with Crippen LogP contribution in [0.2, 0.25) is 0 Å².